The van der Waals surface area contributed by atoms with Crippen LogP contribution in [0.4, 0.5) is 0 Å². The Morgan fingerprint density at radius 1 is 1.32 bits per heavy atom. The summed E-state index contributed by atoms with van der Waals surface area (Å²) < 4.78 is 24.8. The van der Waals surface area contributed by atoms with E-state index in [0.717, 1.165) is 5.69 Å². The van der Waals surface area contributed by atoms with E-state index in [2.05, 4.69) is 5.10 Å². The monoisotopic (exact) mass is 319 g/mol. The van der Waals surface area contributed by atoms with E-state index in [4.69, 9.17) is 0 Å². The Balaban J connectivity index is 1.75. The van der Waals surface area contributed by atoms with Crippen LogP contribution in [0.3, 0.4) is 0 Å². The Hall–Kier alpha value is -2.15. The van der Waals surface area contributed by atoms with Gasteiger partial charge in [0.25, 0.3) is 5.91 Å². The van der Waals surface area contributed by atoms with E-state index in [1.54, 1.807) is 30.1 Å². The first-order valence-corrected chi connectivity index (χ1v) is 8.86. The van der Waals surface area contributed by atoms with Crippen molar-refractivity contribution < 1.29 is 13.2 Å². The molecular formula is C15H17N3O3S. The summed E-state index contributed by atoms with van der Waals surface area (Å²) in [5.41, 5.74) is 1.41. The van der Waals surface area contributed by atoms with Crippen molar-refractivity contribution >= 4 is 15.7 Å². The van der Waals surface area contributed by atoms with E-state index < -0.39 is 9.84 Å². The van der Waals surface area contributed by atoms with Gasteiger partial charge in [-0.05, 0) is 36.8 Å². The summed E-state index contributed by atoms with van der Waals surface area (Å²) in [5.74, 6) is 0.0582. The number of carbonyl (C=O) groups is 1. The molecule has 1 atom stereocenters. The van der Waals surface area contributed by atoms with E-state index in [1.165, 1.54) is 4.90 Å². The summed E-state index contributed by atoms with van der Waals surface area (Å²) in [7, 11) is -1.34. The highest BCUT2D eigenvalue weighted by Crippen LogP contribution is 2.19. The number of rotatable bonds is 3. The van der Waals surface area contributed by atoms with Gasteiger partial charge in [0.1, 0.15) is 0 Å². The van der Waals surface area contributed by atoms with E-state index in [9.17, 15) is 13.2 Å². The first-order valence-electron chi connectivity index (χ1n) is 7.04. The highest BCUT2D eigenvalue weighted by atomic mass is 32.2. The lowest BCUT2D eigenvalue weighted by Gasteiger charge is -2.23. The second-order valence-electron chi connectivity index (χ2n) is 5.47. The Morgan fingerprint density at radius 2 is 2.05 bits per heavy atom. The van der Waals surface area contributed by atoms with Crippen LogP contribution in [-0.4, -0.2) is 53.6 Å². The van der Waals surface area contributed by atoms with Crippen LogP contribution in [0.25, 0.3) is 5.69 Å². The smallest absolute Gasteiger partial charge is 0.253 e. The normalized spacial score (nSPS) is 20.0. The van der Waals surface area contributed by atoms with E-state index in [1.807, 2.05) is 24.4 Å². The van der Waals surface area contributed by atoms with Crippen LogP contribution in [0.5, 0.6) is 0 Å². The summed E-state index contributed by atoms with van der Waals surface area (Å²) in [4.78, 5) is 14.0. The molecule has 116 valence electrons. The summed E-state index contributed by atoms with van der Waals surface area (Å²) in [6.07, 6.45) is 4.02. The van der Waals surface area contributed by atoms with Crippen molar-refractivity contribution in [2.24, 2.45) is 0 Å². The predicted molar refractivity (Wildman–Crippen MR) is 82.7 cm³/mol. The largest absolute Gasteiger partial charge is 0.338 e. The molecule has 1 unspecified atom stereocenters. The van der Waals surface area contributed by atoms with Gasteiger partial charge < -0.3 is 4.90 Å². The van der Waals surface area contributed by atoms with Crippen molar-refractivity contribution in [3.05, 3.63) is 48.3 Å². The van der Waals surface area contributed by atoms with Crippen LogP contribution in [-0.2, 0) is 9.84 Å². The highest BCUT2D eigenvalue weighted by molar-refractivity contribution is 7.91. The number of sulfone groups is 1. The lowest BCUT2D eigenvalue weighted by molar-refractivity contribution is 0.0747. The van der Waals surface area contributed by atoms with Crippen LogP contribution in [0, 0.1) is 0 Å². The SMILES string of the molecule is CN(C(=O)c1ccc(-n2cccn2)cc1)C1CCS(=O)(=O)C1. The molecule has 0 aliphatic carbocycles. The zero-order chi connectivity index (χ0) is 15.7. The van der Waals surface area contributed by atoms with Crippen molar-refractivity contribution in [2.45, 2.75) is 12.5 Å². The number of carbonyl (C=O) groups excluding carboxylic acids is 1. The maximum atomic E-state index is 12.4. The molecule has 1 aromatic carbocycles. The van der Waals surface area contributed by atoms with E-state index in [-0.39, 0.29) is 23.5 Å². The van der Waals surface area contributed by atoms with E-state index in [0.29, 0.717) is 12.0 Å². The quantitative estimate of drug-likeness (QED) is 0.850. The fourth-order valence-corrected chi connectivity index (χ4v) is 4.40. The standard InChI is InChI=1S/C15H17N3O3S/c1-17(14-7-10-22(20,21)11-14)15(19)12-3-5-13(6-4-12)18-9-2-8-16-18/h2-6,8-9,14H,7,10-11H2,1H3. The molecule has 6 nitrogen and oxygen atoms in total. The molecule has 1 aromatic heterocycles. The second-order valence-corrected chi connectivity index (χ2v) is 7.70. The first kappa shape index (κ1) is 14.8. The number of amides is 1. The van der Waals surface area contributed by atoms with Crippen molar-refractivity contribution in [3.8, 4) is 5.69 Å². The maximum absolute atomic E-state index is 12.4. The third-order valence-electron chi connectivity index (χ3n) is 3.96. The minimum absolute atomic E-state index is 0.0562. The third-order valence-corrected chi connectivity index (χ3v) is 5.71. The zero-order valence-electron chi connectivity index (χ0n) is 12.2. The molecule has 7 heteroatoms. The van der Waals surface area contributed by atoms with Crippen molar-refractivity contribution in [2.75, 3.05) is 18.6 Å². The predicted octanol–water partition coefficient (Wildman–Crippen LogP) is 1.13. The molecule has 1 aliphatic rings. The minimum atomic E-state index is -3.00. The average molecular weight is 319 g/mol. The number of hydrogen-bond donors (Lipinski definition) is 0. The molecule has 1 amide bonds. The van der Waals surface area contributed by atoms with Gasteiger partial charge in [-0.25, -0.2) is 13.1 Å². The fraction of sp³-hybridized carbons (Fsp3) is 0.333. The topological polar surface area (TPSA) is 72.3 Å². The highest BCUT2D eigenvalue weighted by Gasteiger charge is 2.32. The zero-order valence-corrected chi connectivity index (χ0v) is 13.0. The maximum Gasteiger partial charge on any atom is 0.253 e. The van der Waals surface area contributed by atoms with Gasteiger partial charge in [-0.1, -0.05) is 0 Å². The number of aromatic nitrogens is 2. The minimum Gasteiger partial charge on any atom is -0.338 e. The molecule has 3 rings (SSSR count). The molecule has 0 saturated carbocycles. The van der Waals surface area contributed by atoms with Gasteiger partial charge in [-0.3, -0.25) is 4.79 Å². The average Bonchev–Trinajstić information content (AvgIpc) is 3.15. The van der Waals surface area contributed by atoms with Gasteiger partial charge in [0, 0.05) is 31.0 Å². The van der Waals surface area contributed by atoms with Crippen molar-refractivity contribution in [3.63, 3.8) is 0 Å². The summed E-state index contributed by atoms with van der Waals surface area (Å²) in [6, 6.07) is 8.70. The fourth-order valence-electron chi connectivity index (χ4n) is 2.63. The summed E-state index contributed by atoms with van der Waals surface area (Å²) in [5, 5.41) is 4.13. The van der Waals surface area contributed by atoms with Crippen LogP contribution >= 0.6 is 0 Å². The number of benzene rings is 1. The van der Waals surface area contributed by atoms with Gasteiger partial charge in [-0.15, -0.1) is 0 Å². The lowest BCUT2D eigenvalue weighted by Crippen LogP contribution is -2.37. The van der Waals surface area contributed by atoms with E-state index >= 15 is 0 Å². The molecule has 22 heavy (non-hydrogen) atoms. The van der Waals surface area contributed by atoms with Crippen molar-refractivity contribution in [1.29, 1.82) is 0 Å². The van der Waals surface area contributed by atoms with Gasteiger partial charge in [-0.2, -0.15) is 5.10 Å². The third kappa shape index (κ3) is 2.89. The van der Waals surface area contributed by atoms with Gasteiger partial charge >= 0.3 is 0 Å². The molecule has 0 N–H and O–H groups in total. The van der Waals surface area contributed by atoms with Gasteiger partial charge in [0.05, 0.1) is 17.2 Å². The van der Waals surface area contributed by atoms with Gasteiger partial charge in [0.2, 0.25) is 0 Å². The van der Waals surface area contributed by atoms with Crippen LogP contribution in [0.2, 0.25) is 0 Å². The molecule has 2 aromatic rings. The number of hydrogen-bond acceptors (Lipinski definition) is 4. The van der Waals surface area contributed by atoms with Gasteiger partial charge in [0.15, 0.2) is 9.84 Å². The summed E-state index contributed by atoms with van der Waals surface area (Å²) >= 11 is 0. The molecule has 1 saturated heterocycles. The Bertz CT molecular complexity index is 767. The Morgan fingerprint density at radius 3 is 2.59 bits per heavy atom. The number of nitrogens with zero attached hydrogens (tertiary/aromatic N) is 3. The van der Waals surface area contributed by atoms with Crippen LogP contribution in [0.15, 0.2) is 42.7 Å². The second kappa shape index (κ2) is 5.57. The molecule has 1 aliphatic heterocycles. The summed E-state index contributed by atoms with van der Waals surface area (Å²) in [6.45, 7) is 0. The molecular weight excluding hydrogens is 302 g/mol. The molecule has 0 spiro atoms. The van der Waals surface area contributed by atoms with Crippen molar-refractivity contribution in [1.82, 2.24) is 14.7 Å². The Labute approximate surface area is 129 Å². The molecule has 0 radical (unpaired) electrons. The lowest BCUT2D eigenvalue weighted by atomic mass is 10.1. The Kier molecular flexibility index (Phi) is 3.74. The first-order chi connectivity index (χ1) is 10.5. The molecule has 0 bridgehead atoms. The molecule has 1 fully saturated rings. The van der Waals surface area contributed by atoms with Crippen LogP contribution in [0.1, 0.15) is 16.8 Å². The molecule has 2 heterocycles. The van der Waals surface area contributed by atoms with Crippen LogP contribution < -0.4 is 0 Å².